The third-order valence-electron chi connectivity index (χ3n) is 4.56. The van der Waals surface area contributed by atoms with Crippen molar-refractivity contribution in [1.82, 2.24) is 9.88 Å². The average Bonchev–Trinajstić information content (AvgIpc) is 3.01. The number of nitrogens with one attached hydrogen (secondary N) is 1. The number of likely N-dealkylation sites (tertiary alicyclic amines) is 1. The minimum absolute atomic E-state index is 0.441. The number of fused-ring (bicyclic) bond motifs is 1. The van der Waals surface area contributed by atoms with E-state index < -0.39 is 0 Å². The Balaban J connectivity index is 2.05. The Morgan fingerprint density at radius 1 is 1.45 bits per heavy atom. The Morgan fingerprint density at radius 3 is 2.90 bits per heavy atom. The van der Waals surface area contributed by atoms with Crippen molar-refractivity contribution < 1.29 is 4.74 Å². The highest BCUT2D eigenvalue weighted by molar-refractivity contribution is 5.89. The Morgan fingerprint density at radius 2 is 2.25 bits per heavy atom. The maximum atomic E-state index is 5.83. The van der Waals surface area contributed by atoms with Crippen LogP contribution in [0.5, 0.6) is 5.75 Å². The maximum absolute atomic E-state index is 5.83. The second-order valence-corrected chi connectivity index (χ2v) is 5.91. The maximum Gasteiger partial charge on any atom is 0.143 e. The van der Waals surface area contributed by atoms with Crippen molar-refractivity contribution in [2.75, 3.05) is 27.2 Å². The molecule has 1 fully saturated rings. The molecule has 20 heavy (non-hydrogen) atoms. The molecule has 1 aliphatic heterocycles. The fraction of sp³-hybridized carbons (Fsp3) is 0.500. The number of benzene rings is 1. The van der Waals surface area contributed by atoms with Crippen LogP contribution >= 0.6 is 0 Å². The Hall–Kier alpha value is -1.52. The molecule has 1 aliphatic rings. The van der Waals surface area contributed by atoms with E-state index in [2.05, 4.69) is 36.0 Å². The average molecular weight is 273 g/mol. The van der Waals surface area contributed by atoms with E-state index in [0.717, 1.165) is 30.8 Å². The van der Waals surface area contributed by atoms with Crippen molar-refractivity contribution in [1.29, 1.82) is 0 Å². The molecule has 4 heteroatoms. The molecule has 108 valence electrons. The van der Waals surface area contributed by atoms with Crippen LogP contribution in [-0.2, 0) is 0 Å². The highest BCUT2D eigenvalue weighted by atomic mass is 16.5. The van der Waals surface area contributed by atoms with Crippen LogP contribution < -0.4 is 10.5 Å². The van der Waals surface area contributed by atoms with Gasteiger partial charge in [-0.15, -0.1) is 0 Å². The first-order valence-electron chi connectivity index (χ1n) is 7.20. The molecule has 3 N–H and O–H groups in total. The lowest BCUT2D eigenvalue weighted by Crippen LogP contribution is -2.20. The molecular weight excluding hydrogens is 250 g/mol. The monoisotopic (exact) mass is 273 g/mol. The number of aromatic nitrogens is 1. The molecule has 2 atom stereocenters. The predicted molar refractivity (Wildman–Crippen MR) is 82.1 cm³/mol. The van der Waals surface area contributed by atoms with E-state index in [-0.39, 0.29) is 0 Å². The summed E-state index contributed by atoms with van der Waals surface area (Å²) in [6.45, 7) is 3.97. The lowest BCUT2D eigenvalue weighted by Gasteiger charge is -2.20. The van der Waals surface area contributed by atoms with Crippen molar-refractivity contribution in [2.24, 2.45) is 11.7 Å². The number of hydrogen-bond donors (Lipinski definition) is 2. The van der Waals surface area contributed by atoms with E-state index in [9.17, 15) is 0 Å². The standard InChI is InChI=1S/C16H23N3O/c1-10-8-18-16-13(10)5-12(6-15(16)20-3)14-4-11(7-17)9-19(14)2/h5-6,8,11,14,18H,4,7,9,17H2,1-3H3. The molecule has 3 rings (SSSR count). The van der Waals surface area contributed by atoms with Gasteiger partial charge in [0.2, 0.25) is 0 Å². The van der Waals surface area contributed by atoms with Gasteiger partial charge in [-0.25, -0.2) is 0 Å². The van der Waals surface area contributed by atoms with Gasteiger partial charge in [0.25, 0.3) is 0 Å². The van der Waals surface area contributed by atoms with E-state index in [1.807, 2.05) is 6.20 Å². The Bertz CT molecular complexity index is 619. The van der Waals surface area contributed by atoms with Crippen molar-refractivity contribution >= 4 is 10.9 Å². The lowest BCUT2D eigenvalue weighted by molar-refractivity contribution is 0.313. The molecule has 4 nitrogen and oxygen atoms in total. The topological polar surface area (TPSA) is 54.3 Å². The number of H-pyrrole nitrogens is 1. The van der Waals surface area contributed by atoms with Gasteiger partial charge in [-0.2, -0.15) is 0 Å². The third-order valence-corrected chi connectivity index (χ3v) is 4.56. The van der Waals surface area contributed by atoms with Crippen LogP contribution in [0, 0.1) is 12.8 Å². The van der Waals surface area contributed by atoms with Gasteiger partial charge in [-0.05, 0) is 56.1 Å². The van der Waals surface area contributed by atoms with Gasteiger partial charge in [0.1, 0.15) is 5.75 Å². The molecule has 0 saturated carbocycles. The molecule has 0 aliphatic carbocycles. The largest absolute Gasteiger partial charge is 0.495 e. The normalized spacial score (nSPS) is 23.6. The second kappa shape index (κ2) is 5.11. The second-order valence-electron chi connectivity index (χ2n) is 5.91. The van der Waals surface area contributed by atoms with Gasteiger partial charge in [-0.3, -0.25) is 4.90 Å². The van der Waals surface area contributed by atoms with Crippen LogP contribution in [0.25, 0.3) is 10.9 Å². The van der Waals surface area contributed by atoms with E-state index in [4.69, 9.17) is 10.5 Å². The van der Waals surface area contributed by atoms with Crippen molar-refractivity contribution in [3.8, 4) is 5.75 Å². The fourth-order valence-corrected chi connectivity index (χ4v) is 3.37. The van der Waals surface area contributed by atoms with Crippen LogP contribution in [0.15, 0.2) is 18.3 Å². The number of hydrogen-bond acceptors (Lipinski definition) is 3. The zero-order valence-corrected chi connectivity index (χ0v) is 12.4. The first-order chi connectivity index (χ1) is 9.63. The predicted octanol–water partition coefficient (Wildman–Crippen LogP) is 2.44. The van der Waals surface area contributed by atoms with Gasteiger partial charge in [-0.1, -0.05) is 0 Å². The fourth-order valence-electron chi connectivity index (χ4n) is 3.37. The van der Waals surface area contributed by atoms with Gasteiger partial charge in [0, 0.05) is 24.2 Å². The van der Waals surface area contributed by atoms with Crippen molar-refractivity contribution in [3.05, 3.63) is 29.5 Å². The van der Waals surface area contributed by atoms with Crippen LogP contribution in [0.2, 0.25) is 0 Å². The number of rotatable bonds is 3. The number of aromatic amines is 1. The highest BCUT2D eigenvalue weighted by Gasteiger charge is 2.30. The number of methoxy groups -OCH3 is 1. The van der Waals surface area contributed by atoms with Crippen LogP contribution in [-0.4, -0.2) is 37.1 Å². The molecule has 1 saturated heterocycles. The minimum atomic E-state index is 0.441. The molecule has 0 radical (unpaired) electrons. The highest BCUT2D eigenvalue weighted by Crippen LogP contribution is 2.38. The van der Waals surface area contributed by atoms with Crippen LogP contribution in [0.4, 0.5) is 0 Å². The molecule has 2 heterocycles. The Kier molecular flexibility index (Phi) is 3.44. The van der Waals surface area contributed by atoms with Gasteiger partial charge in [0.15, 0.2) is 0 Å². The van der Waals surface area contributed by atoms with Gasteiger partial charge >= 0.3 is 0 Å². The van der Waals surface area contributed by atoms with E-state index >= 15 is 0 Å². The third kappa shape index (κ3) is 2.09. The number of nitrogens with two attached hydrogens (primary N) is 1. The first-order valence-corrected chi connectivity index (χ1v) is 7.20. The molecular formula is C16H23N3O. The molecule has 1 aromatic carbocycles. The zero-order chi connectivity index (χ0) is 14.3. The van der Waals surface area contributed by atoms with Crippen LogP contribution in [0.3, 0.4) is 0 Å². The molecule has 1 aromatic heterocycles. The summed E-state index contributed by atoms with van der Waals surface area (Å²) in [4.78, 5) is 5.70. The van der Waals surface area contributed by atoms with Crippen LogP contribution in [0.1, 0.15) is 23.6 Å². The minimum Gasteiger partial charge on any atom is -0.495 e. The molecule has 2 aromatic rings. The summed E-state index contributed by atoms with van der Waals surface area (Å²) in [5.41, 5.74) is 9.51. The molecule has 0 spiro atoms. The van der Waals surface area contributed by atoms with E-state index in [0.29, 0.717) is 12.0 Å². The molecule has 0 bridgehead atoms. The lowest BCUT2D eigenvalue weighted by atomic mass is 9.98. The summed E-state index contributed by atoms with van der Waals surface area (Å²) in [6.07, 6.45) is 3.17. The summed E-state index contributed by atoms with van der Waals surface area (Å²) in [7, 11) is 3.91. The van der Waals surface area contributed by atoms with Crippen molar-refractivity contribution in [3.63, 3.8) is 0 Å². The number of nitrogens with zero attached hydrogens (tertiary/aromatic N) is 1. The summed E-state index contributed by atoms with van der Waals surface area (Å²) >= 11 is 0. The number of ether oxygens (including phenoxy) is 1. The van der Waals surface area contributed by atoms with Gasteiger partial charge < -0.3 is 15.5 Å². The summed E-state index contributed by atoms with van der Waals surface area (Å²) in [6, 6.07) is 4.90. The number of aryl methyl sites for hydroxylation is 1. The summed E-state index contributed by atoms with van der Waals surface area (Å²) in [5.74, 6) is 1.52. The molecule has 0 amide bonds. The molecule has 2 unspecified atom stereocenters. The SMILES string of the molecule is COc1cc(C2CC(CN)CN2C)cc2c(C)c[nH]c12. The van der Waals surface area contributed by atoms with Gasteiger partial charge in [0.05, 0.1) is 12.6 Å². The van der Waals surface area contributed by atoms with E-state index in [1.54, 1.807) is 7.11 Å². The van der Waals surface area contributed by atoms with Crippen molar-refractivity contribution in [2.45, 2.75) is 19.4 Å². The first kappa shape index (κ1) is 13.5. The Labute approximate surface area is 119 Å². The van der Waals surface area contributed by atoms with E-state index in [1.165, 1.54) is 16.5 Å². The smallest absolute Gasteiger partial charge is 0.143 e. The summed E-state index contributed by atoms with van der Waals surface area (Å²) in [5, 5.41) is 1.25. The quantitative estimate of drug-likeness (QED) is 0.903. The zero-order valence-electron chi connectivity index (χ0n) is 12.4. The summed E-state index contributed by atoms with van der Waals surface area (Å²) < 4.78 is 5.55.